The smallest absolute Gasteiger partial charge is 0.0467 e. The second-order valence-electron chi connectivity index (χ2n) is 14.2. The second kappa shape index (κ2) is 14.0. The van der Waals surface area contributed by atoms with Crippen LogP contribution in [-0.2, 0) is 0 Å². The molecule has 0 atom stereocenters. The number of benzene rings is 10. The van der Waals surface area contributed by atoms with Gasteiger partial charge in [-0.25, -0.2) is 0 Å². The lowest BCUT2D eigenvalue weighted by Crippen LogP contribution is -2.10. The van der Waals surface area contributed by atoms with E-state index < -0.39 is 0 Å². The first-order chi connectivity index (χ1) is 27.2. The molecule has 1 heteroatoms. The van der Waals surface area contributed by atoms with Gasteiger partial charge in [0.05, 0.1) is 0 Å². The van der Waals surface area contributed by atoms with Gasteiger partial charge in [0.15, 0.2) is 0 Å². The molecule has 0 saturated heterocycles. The van der Waals surface area contributed by atoms with Crippen LogP contribution in [0, 0.1) is 0 Å². The third-order valence-electron chi connectivity index (χ3n) is 10.8. The van der Waals surface area contributed by atoms with Gasteiger partial charge in [0.1, 0.15) is 0 Å². The summed E-state index contributed by atoms with van der Waals surface area (Å²) in [5.41, 5.74) is 13.0. The maximum Gasteiger partial charge on any atom is 0.0467 e. The number of hydrogen-bond acceptors (Lipinski definition) is 1. The van der Waals surface area contributed by atoms with E-state index in [2.05, 4.69) is 229 Å². The molecular formula is C54H37N. The lowest BCUT2D eigenvalue weighted by Gasteiger charge is -2.26. The highest BCUT2D eigenvalue weighted by Gasteiger charge is 2.15. The van der Waals surface area contributed by atoms with Crippen molar-refractivity contribution < 1.29 is 0 Å². The van der Waals surface area contributed by atoms with E-state index in [1.54, 1.807) is 0 Å². The van der Waals surface area contributed by atoms with Crippen molar-refractivity contribution in [1.82, 2.24) is 0 Å². The lowest BCUT2D eigenvalue weighted by molar-refractivity contribution is 1.28. The van der Waals surface area contributed by atoms with Crippen LogP contribution < -0.4 is 4.90 Å². The molecule has 10 aromatic carbocycles. The summed E-state index contributed by atoms with van der Waals surface area (Å²) in [6.07, 6.45) is 0. The van der Waals surface area contributed by atoms with E-state index in [1.807, 2.05) is 0 Å². The van der Waals surface area contributed by atoms with Gasteiger partial charge in [0.25, 0.3) is 0 Å². The Balaban J connectivity index is 1.02. The molecule has 0 aliphatic rings. The van der Waals surface area contributed by atoms with Crippen molar-refractivity contribution in [3.05, 3.63) is 224 Å². The van der Waals surface area contributed by atoms with E-state index >= 15 is 0 Å². The molecule has 0 fully saturated rings. The molecule has 0 amide bonds. The zero-order valence-corrected chi connectivity index (χ0v) is 30.3. The van der Waals surface area contributed by atoms with Gasteiger partial charge in [0.2, 0.25) is 0 Å². The summed E-state index contributed by atoms with van der Waals surface area (Å²) in [5.74, 6) is 0. The zero-order valence-electron chi connectivity index (χ0n) is 30.3. The second-order valence-corrected chi connectivity index (χ2v) is 14.2. The fourth-order valence-corrected chi connectivity index (χ4v) is 8.04. The molecule has 0 aliphatic heterocycles. The topological polar surface area (TPSA) is 3.24 Å². The minimum atomic E-state index is 1.10. The Morgan fingerprint density at radius 2 is 0.691 bits per heavy atom. The first kappa shape index (κ1) is 32.4. The average molecular weight is 700 g/mol. The van der Waals surface area contributed by atoms with Crippen LogP contribution in [0.15, 0.2) is 224 Å². The normalized spacial score (nSPS) is 11.3. The molecule has 10 rings (SSSR count). The molecule has 0 bridgehead atoms. The summed E-state index contributed by atoms with van der Waals surface area (Å²) in [5, 5.41) is 7.62. The van der Waals surface area contributed by atoms with Crippen molar-refractivity contribution in [2.75, 3.05) is 4.90 Å². The Morgan fingerprint density at radius 1 is 0.218 bits per heavy atom. The minimum Gasteiger partial charge on any atom is -0.310 e. The molecule has 0 aromatic heterocycles. The Labute approximate surface area is 322 Å². The molecular weight excluding hydrogens is 663 g/mol. The summed E-state index contributed by atoms with van der Waals surface area (Å²) in [6.45, 7) is 0. The maximum absolute atomic E-state index is 2.36. The highest BCUT2D eigenvalue weighted by molar-refractivity contribution is 6.08. The van der Waals surface area contributed by atoms with Crippen LogP contribution in [0.1, 0.15) is 0 Å². The fourth-order valence-electron chi connectivity index (χ4n) is 8.04. The van der Waals surface area contributed by atoms with Crippen molar-refractivity contribution in [3.8, 4) is 44.5 Å². The van der Waals surface area contributed by atoms with E-state index in [1.165, 1.54) is 76.8 Å². The van der Waals surface area contributed by atoms with Crippen LogP contribution in [0.2, 0.25) is 0 Å². The molecule has 0 heterocycles. The summed E-state index contributed by atoms with van der Waals surface area (Å²) in [7, 11) is 0. The fraction of sp³-hybridized carbons (Fsp3) is 0. The molecule has 1 nitrogen and oxygen atoms in total. The summed E-state index contributed by atoms with van der Waals surface area (Å²) in [4.78, 5) is 2.36. The standard InChI is InChI=1S/C54H37N/c1-2-11-38(12-3-1)44-17-9-19-50(37-44)55(49-32-27-40(28-33-49)45-29-34-54-47(36-45)24-23-42-14-5-7-21-52(42)54)48-30-25-39(26-31-48)43-16-8-18-46(35-43)53-22-10-15-41-13-4-6-20-51(41)53/h1-37H. The number of nitrogens with zero attached hydrogens (tertiary/aromatic N) is 1. The first-order valence-corrected chi connectivity index (χ1v) is 18.9. The van der Waals surface area contributed by atoms with Gasteiger partial charge < -0.3 is 4.90 Å². The van der Waals surface area contributed by atoms with Crippen molar-refractivity contribution in [3.63, 3.8) is 0 Å². The molecule has 10 aromatic rings. The van der Waals surface area contributed by atoms with Crippen molar-refractivity contribution in [2.24, 2.45) is 0 Å². The Bertz CT molecular complexity index is 2950. The molecule has 0 radical (unpaired) electrons. The largest absolute Gasteiger partial charge is 0.310 e. The highest BCUT2D eigenvalue weighted by Crippen LogP contribution is 2.39. The van der Waals surface area contributed by atoms with Crippen molar-refractivity contribution in [2.45, 2.75) is 0 Å². The first-order valence-electron chi connectivity index (χ1n) is 18.9. The maximum atomic E-state index is 2.36. The Hall–Kier alpha value is -7.22. The van der Waals surface area contributed by atoms with Gasteiger partial charge in [-0.05, 0) is 125 Å². The summed E-state index contributed by atoms with van der Waals surface area (Å²) < 4.78 is 0. The third kappa shape index (κ3) is 6.22. The van der Waals surface area contributed by atoms with E-state index in [9.17, 15) is 0 Å². The minimum absolute atomic E-state index is 1.10. The lowest BCUT2D eigenvalue weighted by atomic mass is 9.95. The van der Waals surface area contributed by atoms with Crippen molar-refractivity contribution >= 4 is 49.4 Å². The predicted octanol–water partition coefficient (Wildman–Crippen LogP) is 15.3. The predicted molar refractivity (Wildman–Crippen MR) is 235 cm³/mol. The quantitative estimate of drug-likeness (QED) is 0.150. The molecule has 0 aliphatic carbocycles. The number of anilines is 3. The van der Waals surface area contributed by atoms with Crippen molar-refractivity contribution in [1.29, 1.82) is 0 Å². The highest BCUT2D eigenvalue weighted by atomic mass is 15.1. The van der Waals surface area contributed by atoms with Crippen LogP contribution in [0.5, 0.6) is 0 Å². The molecule has 258 valence electrons. The van der Waals surface area contributed by atoms with E-state index in [4.69, 9.17) is 0 Å². The van der Waals surface area contributed by atoms with Crippen LogP contribution in [-0.4, -0.2) is 0 Å². The zero-order chi connectivity index (χ0) is 36.6. The summed E-state index contributed by atoms with van der Waals surface area (Å²) >= 11 is 0. The third-order valence-corrected chi connectivity index (χ3v) is 10.8. The number of hydrogen-bond donors (Lipinski definition) is 0. The van der Waals surface area contributed by atoms with Crippen LogP contribution in [0.3, 0.4) is 0 Å². The van der Waals surface area contributed by atoms with Crippen LogP contribution >= 0.6 is 0 Å². The van der Waals surface area contributed by atoms with E-state index in [0.717, 1.165) is 17.1 Å². The van der Waals surface area contributed by atoms with Gasteiger partial charge >= 0.3 is 0 Å². The SMILES string of the molecule is c1ccc(-c2cccc(N(c3ccc(-c4cccc(-c5cccc6ccccc56)c4)cc3)c3ccc(-c4ccc5c(ccc6ccccc65)c4)cc3)c2)cc1. The van der Waals surface area contributed by atoms with Gasteiger partial charge in [-0.15, -0.1) is 0 Å². The van der Waals surface area contributed by atoms with Crippen LogP contribution in [0.25, 0.3) is 76.8 Å². The Kier molecular flexibility index (Phi) is 8.24. The van der Waals surface area contributed by atoms with Gasteiger partial charge in [0, 0.05) is 17.1 Å². The van der Waals surface area contributed by atoms with Gasteiger partial charge in [-0.1, -0.05) is 176 Å². The van der Waals surface area contributed by atoms with Gasteiger partial charge in [-0.3, -0.25) is 0 Å². The number of fused-ring (bicyclic) bond motifs is 4. The molecule has 0 N–H and O–H groups in total. The summed E-state index contributed by atoms with van der Waals surface area (Å²) in [6, 6.07) is 81.4. The van der Waals surface area contributed by atoms with E-state index in [-0.39, 0.29) is 0 Å². The Morgan fingerprint density at radius 3 is 1.44 bits per heavy atom. The molecule has 0 unspecified atom stereocenters. The monoisotopic (exact) mass is 699 g/mol. The molecule has 55 heavy (non-hydrogen) atoms. The van der Waals surface area contributed by atoms with E-state index in [0.29, 0.717) is 0 Å². The van der Waals surface area contributed by atoms with Gasteiger partial charge in [-0.2, -0.15) is 0 Å². The average Bonchev–Trinajstić information content (AvgIpc) is 3.27. The molecule has 0 spiro atoms. The number of rotatable bonds is 7. The molecule has 0 saturated carbocycles. The van der Waals surface area contributed by atoms with Crippen LogP contribution in [0.4, 0.5) is 17.1 Å².